The Bertz CT molecular complexity index is 1090. The molecular formula is C26H30N4. The molecule has 4 nitrogen and oxygen atoms in total. The first-order valence-corrected chi connectivity index (χ1v) is 10.8. The predicted octanol–water partition coefficient (Wildman–Crippen LogP) is 4.86. The van der Waals surface area contributed by atoms with E-state index in [9.17, 15) is 0 Å². The molecule has 0 spiro atoms. The first kappa shape index (κ1) is 19.0. The number of fused-ring (bicyclic) bond motifs is 2. The van der Waals surface area contributed by atoms with E-state index in [1.807, 2.05) is 0 Å². The van der Waals surface area contributed by atoms with Crippen LogP contribution in [0.25, 0.3) is 16.8 Å². The van der Waals surface area contributed by atoms with Crippen molar-refractivity contribution in [3.05, 3.63) is 78.1 Å². The van der Waals surface area contributed by atoms with Gasteiger partial charge in [-0.1, -0.05) is 36.4 Å². The molecule has 0 amide bonds. The van der Waals surface area contributed by atoms with Gasteiger partial charge in [-0.15, -0.1) is 0 Å². The number of hydrogen-bond donors (Lipinski definition) is 1. The van der Waals surface area contributed by atoms with Crippen LogP contribution in [0.1, 0.15) is 29.7 Å². The summed E-state index contributed by atoms with van der Waals surface area (Å²) in [6.07, 6.45) is 4.55. The minimum Gasteiger partial charge on any atom is -0.370 e. The molecule has 3 heterocycles. The lowest BCUT2D eigenvalue weighted by molar-refractivity contribution is 0.506. The average Bonchev–Trinajstić information content (AvgIpc) is 3.13. The van der Waals surface area contributed by atoms with E-state index in [1.54, 1.807) is 0 Å². The normalized spacial score (nSPS) is 18.8. The van der Waals surface area contributed by atoms with Crippen molar-refractivity contribution in [1.82, 2.24) is 4.57 Å². The fraction of sp³-hybridized carbons (Fsp3) is 0.308. The summed E-state index contributed by atoms with van der Waals surface area (Å²) in [6, 6.07) is 18.1. The Morgan fingerprint density at radius 1 is 1.03 bits per heavy atom. The number of nitrogens with two attached hydrogens (primary N) is 1. The number of aryl methyl sites for hydroxylation is 1. The van der Waals surface area contributed by atoms with E-state index < -0.39 is 0 Å². The highest BCUT2D eigenvalue weighted by Crippen LogP contribution is 2.37. The van der Waals surface area contributed by atoms with Crippen molar-refractivity contribution in [3.63, 3.8) is 0 Å². The number of anilines is 2. The first-order chi connectivity index (χ1) is 14.5. The SMILES string of the molecule is C=C1c2cc(-c3ccc(C)cc3)cn2Cc2cc(N3CCC[C@H](N)C3)ccc2N1C. The molecule has 0 saturated carbocycles. The average molecular weight is 399 g/mol. The third-order valence-corrected chi connectivity index (χ3v) is 6.57. The fourth-order valence-corrected chi connectivity index (χ4v) is 4.76. The molecule has 30 heavy (non-hydrogen) atoms. The Kier molecular flexibility index (Phi) is 4.67. The summed E-state index contributed by atoms with van der Waals surface area (Å²) in [5.41, 5.74) is 16.0. The quantitative estimate of drug-likeness (QED) is 0.670. The number of aromatic nitrogens is 1. The lowest BCUT2D eigenvalue weighted by Crippen LogP contribution is -2.42. The summed E-state index contributed by atoms with van der Waals surface area (Å²) >= 11 is 0. The summed E-state index contributed by atoms with van der Waals surface area (Å²) in [4.78, 5) is 4.65. The lowest BCUT2D eigenvalue weighted by atomic mass is 10.0. The zero-order valence-electron chi connectivity index (χ0n) is 17.9. The van der Waals surface area contributed by atoms with Crippen LogP contribution in [0, 0.1) is 6.92 Å². The first-order valence-electron chi connectivity index (χ1n) is 10.8. The van der Waals surface area contributed by atoms with Crippen molar-refractivity contribution in [2.45, 2.75) is 32.4 Å². The molecule has 154 valence electrons. The summed E-state index contributed by atoms with van der Waals surface area (Å²) in [6.45, 7) is 9.40. The van der Waals surface area contributed by atoms with Crippen LogP contribution in [-0.2, 0) is 6.54 Å². The number of rotatable bonds is 2. The van der Waals surface area contributed by atoms with Crippen molar-refractivity contribution < 1.29 is 0 Å². The largest absolute Gasteiger partial charge is 0.370 e. The topological polar surface area (TPSA) is 37.4 Å². The third-order valence-electron chi connectivity index (χ3n) is 6.57. The molecule has 2 aromatic carbocycles. The maximum Gasteiger partial charge on any atom is 0.0651 e. The molecule has 4 heteroatoms. The van der Waals surface area contributed by atoms with Gasteiger partial charge in [-0.2, -0.15) is 0 Å². The highest BCUT2D eigenvalue weighted by atomic mass is 15.2. The van der Waals surface area contributed by atoms with Gasteiger partial charge >= 0.3 is 0 Å². The summed E-state index contributed by atoms with van der Waals surface area (Å²) in [5.74, 6) is 0. The Labute approximate surface area is 179 Å². The van der Waals surface area contributed by atoms with Gasteiger partial charge in [0.05, 0.1) is 11.4 Å². The Hall–Kier alpha value is -2.98. The minimum absolute atomic E-state index is 0.271. The molecular weight excluding hydrogens is 368 g/mol. The molecule has 0 bridgehead atoms. The van der Waals surface area contributed by atoms with E-state index in [4.69, 9.17) is 5.73 Å². The van der Waals surface area contributed by atoms with Gasteiger partial charge < -0.3 is 20.1 Å². The highest BCUT2D eigenvalue weighted by Gasteiger charge is 2.23. The van der Waals surface area contributed by atoms with Crippen LogP contribution in [0.3, 0.4) is 0 Å². The van der Waals surface area contributed by atoms with Gasteiger partial charge in [0.1, 0.15) is 0 Å². The predicted molar refractivity (Wildman–Crippen MR) is 127 cm³/mol. The molecule has 2 aliphatic heterocycles. The third kappa shape index (κ3) is 3.31. The van der Waals surface area contributed by atoms with Gasteiger partial charge in [0, 0.05) is 55.9 Å². The minimum atomic E-state index is 0.271. The number of benzene rings is 2. The van der Waals surface area contributed by atoms with E-state index in [0.29, 0.717) is 0 Å². The van der Waals surface area contributed by atoms with E-state index in [2.05, 4.69) is 89.6 Å². The second-order valence-electron chi connectivity index (χ2n) is 8.77. The molecule has 1 aromatic heterocycles. The van der Waals surface area contributed by atoms with Gasteiger partial charge in [0.25, 0.3) is 0 Å². The summed E-state index contributed by atoms with van der Waals surface area (Å²) < 4.78 is 2.34. The highest BCUT2D eigenvalue weighted by molar-refractivity contribution is 5.82. The maximum absolute atomic E-state index is 6.23. The van der Waals surface area contributed by atoms with E-state index in [1.165, 1.54) is 39.3 Å². The molecule has 0 radical (unpaired) electrons. The van der Waals surface area contributed by atoms with Gasteiger partial charge in [-0.25, -0.2) is 0 Å². The van der Waals surface area contributed by atoms with Crippen LogP contribution in [-0.4, -0.2) is 30.7 Å². The van der Waals surface area contributed by atoms with Crippen molar-refractivity contribution in [2.24, 2.45) is 5.73 Å². The second kappa shape index (κ2) is 7.37. The Morgan fingerprint density at radius 3 is 2.60 bits per heavy atom. The van der Waals surface area contributed by atoms with Crippen LogP contribution >= 0.6 is 0 Å². The van der Waals surface area contributed by atoms with E-state index in [0.717, 1.165) is 38.2 Å². The molecule has 3 aromatic rings. The smallest absolute Gasteiger partial charge is 0.0651 e. The number of piperidine rings is 1. The van der Waals surface area contributed by atoms with E-state index in [-0.39, 0.29) is 6.04 Å². The summed E-state index contributed by atoms with van der Waals surface area (Å²) in [7, 11) is 2.12. The van der Waals surface area contributed by atoms with Gasteiger partial charge in [-0.3, -0.25) is 0 Å². The van der Waals surface area contributed by atoms with Crippen LogP contribution in [0.15, 0.2) is 61.3 Å². The zero-order chi connectivity index (χ0) is 20.8. The van der Waals surface area contributed by atoms with Gasteiger partial charge in [0.2, 0.25) is 0 Å². The molecule has 2 N–H and O–H groups in total. The van der Waals surface area contributed by atoms with Crippen LogP contribution in [0.5, 0.6) is 0 Å². The van der Waals surface area contributed by atoms with Crippen LogP contribution in [0.4, 0.5) is 11.4 Å². The maximum atomic E-state index is 6.23. The molecule has 0 unspecified atom stereocenters. The van der Waals surface area contributed by atoms with E-state index >= 15 is 0 Å². The standard InChI is InChI=1S/C26H30N4/c1-18-6-8-20(9-7-18)21-14-26-19(2)28(3)25-11-10-24(13-22(25)16-30(26)15-21)29-12-4-5-23(27)17-29/h6-11,13-15,23H,2,4-5,12,16-17,27H2,1,3H3/t23-/m0/s1. The fourth-order valence-electron chi connectivity index (χ4n) is 4.76. The Balaban J connectivity index is 1.53. The van der Waals surface area contributed by atoms with Crippen molar-refractivity contribution in [1.29, 1.82) is 0 Å². The molecule has 0 aliphatic carbocycles. The molecule has 2 aliphatic rings. The molecule has 1 fully saturated rings. The lowest BCUT2D eigenvalue weighted by Gasteiger charge is -2.33. The Morgan fingerprint density at radius 2 is 1.83 bits per heavy atom. The van der Waals surface area contributed by atoms with Crippen molar-refractivity contribution in [2.75, 3.05) is 29.9 Å². The van der Waals surface area contributed by atoms with Crippen molar-refractivity contribution >= 4 is 17.1 Å². The molecule has 5 rings (SSSR count). The van der Waals surface area contributed by atoms with Gasteiger partial charge in [0.15, 0.2) is 0 Å². The number of hydrogen-bond acceptors (Lipinski definition) is 3. The number of nitrogens with zero attached hydrogens (tertiary/aromatic N) is 3. The summed E-state index contributed by atoms with van der Waals surface area (Å²) in [5, 5.41) is 0. The zero-order valence-corrected chi connectivity index (χ0v) is 17.9. The van der Waals surface area contributed by atoms with Gasteiger partial charge in [-0.05, 0) is 55.2 Å². The monoisotopic (exact) mass is 398 g/mol. The van der Waals surface area contributed by atoms with Crippen LogP contribution in [0.2, 0.25) is 0 Å². The second-order valence-corrected chi connectivity index (χ2v) is 8.77. The molecule has 1 atom stereocenters. The van der Waals surface area contributed by atoms with Crippen molar-refractivity contribution in [3.8, 4) is 11.1 Å². The molecule has 1 saturated heterocycles. The van der Waals surface area contributed by atoms with Crippen LogP contribution < -0.4 is 15.5 Å².